The minimum atomic E-state index is -3.81. The van der Waals surface area contributed by atoms with E-state index in [4.69, 9.17) is 0 Å². The van der Waals surface area contributed by atoms with Gasteiger partial charge in [-0.25, -0.2) is 8.42 Å². The molecule has 1 unspecified atom stereocenters. The Balaban J connectivity index is 2.04. The zero-order valence-electron chi connectivity index (χ0n) is 24.3. The number of carbonyl (C=O) groups is 2. The van der Waals surface area contributed by atoms with Crippen LogP contribution in [0.25, 0.3) is 0 Å². The van der Waals surface area contributed by atoms with E-state index in [2.05, 4.69) is 26.1 Å². The molecule has 0 fully saturated rings. The molecule has 1 N–H and O–H groups in total. The first-order valence-electron chi connectivity index (χ1n) is 13.5. The Morgan fingerprint density at radius 1 is 0.900 bits per heavy atom. The number of amides is 2. The van der Waals surface area contributed by atoms with E-state index in [9.17, 15) is 18.0 Å². The highest BCUT2D eigenvalue weighted by Crippen LogP contribution is 2.26. The van der Waals surface area contributed by atoms with Crippen LogP contribution in [-0.4, -0.2) is 50.5 Å². The maximum absolute atomic E-state index is 14.1. The average Bonchev–Trinajstić information content (AvgIpc) is 2.90. The molecule has 0 aliphatic heterocycles. The molecule has 3 aromatic carbocycles. The number of benzene rings is 3. The largest absolute Gasteiger partial charge is 0.355 e. The Morgan fingerprint density at radius 3 is 2.05 bits per heavy atom. The molecule has 0 bridgehead atoms. The number of nitrogens with zero attached hydrogens (tertiary/aromatic N) is 2. The van der Waals surface area contributed by atoms with E-state index in [-0.39, 0.29) is 17.9 Å². The topological polar surface area (TPSA) is 86.8 Å². The molecular formula is C32H41N3O4S. The van der Waals surface area contributed by atoms with Gasteiger partial charge in [0.2, 0.25) is 21.8 Å². The van der Waals surface area contributed by atoms with Crippen LogP contribution in [0.1, 0.15) is 49.9 Å². The minimum absolute atomic E-state index is 0.105. The van der Waals surface area contributed by atoms with Gasteiger partial charge in [0.05, 0.1) is 11.9 Å². The summed E-state index contributed by atoms with van der Waals surface area (Å²) >= 11 is 0. The van der Waals surface area contributed by atoms with Crippen molar-refractivity contribution in [2.45, 2.75) is 59.0 Å². The van der Waals surface area contributed by atoms with Crippen molar-refractivity contribution >= 4 is 27.5 Å². The maximum Gasteiger partial charge on any atom is 0.244 e. The van der Waals surface area contributed by atoms with Gasteiger partial charge in [0, 0.05) is 19.5 Å². The molecule has 0 saturated heterocycles. The standard InChI is InChI=1S/C32H41N3O4S/c1-7-33-31(37)29(21-25-14-9-8-10-15-25)34(22-26-16-12-11-13-24(26)2)30(36)23-35(40(6,38)39)28-19-17-27(18-20-28)32(3,4)5/h8-20,29H,7,21-23H2,1-6H3,(H,33,37). The van der Waals surface area contributed by atoms with Crippen LogP contribution < -0.4 is 9.62 Å². The van der Waals surface area contributed by atoms with Gasteiger partial charge in [0.15, 0.2) is 0 Å². The highest BCUT2D eigenvalue weighted by Gasteiger charge is 2.33. The number of hydrogen-bond acceptors (Lipinski definition) is 4. The van der Waals surface area contributed by atoms with Crippen LogP contribution in [0.5, 0.6) is 0 Å². The quantitative estimate of drug-likeness (QED) is 0.362. The Hall–Kier alpha value is -3.65. The van der Waals surface area contributed by atoms with E-state index in [1.54, 1.807) is 12.1 Å². The Morgan fingerprint density at radius 2 is 1.50 bits per heavy atom. The lowest BCUT2D eigenvalue weighted by atomic mass is 9.87. The molecule has 0 spiro atoms. The summed E-state index contributed by atoms with van der Waals surface area (Å²) in [4.78, 5) is 29.0. The number of rotatable bonds is 11. The summed E-state index contributed by atoms with van der Waals surface area (Å²) in [6.45, 7) is 10.2. The molecule has 0 heterocycles. The van der Waals surface area contributed by atoms with Crippen molar-refractivity contribution in [2.75, 3.05) is 23.7 Å². The smallest absolute Gasteiger partial charge is 0.244 e. The predicted octanol–water partition coefficient (Wildman–Crippen LogP) is 4.83. The molecule has 3 aromatic rings. The van der Waals surface area contributed by atoms with Gasteiger partial charge in [0.1, 0.15) is 12.6 Å². The van der Waals surface area contributed by atoms with E-state index in [1.165, 1.54) is 4.90 Å². The van der Waals surface area contributed by atoms with Gasteiger partial charge < -0.3 is 10.2 Å². The Bertz CT molecular complexity index is 1400. The zero-order chi connectivity index (χ0) is 29.5. The van der Waals surface area contributed by atoms with Gasteiger partial charge >= 0.3 is 0 Å². The van der Waals surface area contributed by atoms with E-state index in [0.29, 0.717) is 18.7 Å². The second-order valence-corrected chi connectivity index (χ2v) is 13.0. The van der Waals surface area contributed by atoms with Crippen LogP contribution in [0.4, 0.5) is 5.69 Å². The van der Waals surface area contributed by atoms with E-state index >= 15 is 0 Å². The molecule has 214 valence electrons. The van der Waals surface area contributed by atoms with Crippen LogP contribution in [0, 0.1) is 6.92 Å². The van der Waals surface area contributed by atoms with Gasteiger partial charge in [-0.2, -0.15) is 0 Å². The van der Waals surface area contributed by atoms with Crippen molar-refractivity contribution < 1.29 is 18.0 Å². The number of likely N-dealkylation sites (N-methyl/N-ethyl adjacent to an activating group) is 1. The maximum atomic E-state index is 14.1. The summed E-state index contributed by atoms with van der Waals surface area (Å²) in [5.41, 5.74) is 4.12. The summed E-state index contributed by atoms with van der Waals surface area (Å²) in [7, 11) is -3.81. The average molecular weight is 564 g/mol. The highest BCUT2D eigenvalue weighted by molar-refractivity contribution is 7.92. The first-order chi connectivity index (χ1) is 18.8. The molecule has 0 aliphatic rings. The minimum Gasteiger partial charge on any atom is -0.355 e. The van der Waals surface area contributed by atoms with Gasteiger partial charge in [0.25, 0.3) is 0 Å². The van der Waals surface area contributed by atoms with Crippen LogP contribution in [0.2, 0.25) is 0 Å². The first-order valence-corrected chi connectivity index (χ1v) is 15.4. The fourth-order valence-electron chi connectivity index (χ4n) is 4.56. The molecule has 3 rings (SSSR count). The van der Waals surface area contributed by atoms with Gasteiger partial charge in [-0.15, -0.1) is 0 Å². The number of anilines is 1. The number of hydrogen-bond donors (Lipinski definition) is 1. The molecule has 0 saturated carbocycles. The molecule has 0 aromatic heterocycles. The molecule has 8 heteroatoms. The van der Waals surface area contributed by atoms with Gasteiger partial charge in [-0.1, -0.05) is 87.5 Å². The van der Waals surface area contributed by atoms with Crippen LogP contribution >= 0.6 is 0 Å². The summed E-state index contributed by atoms with van der Waals surface area (Å²) in [5.74, 6) is -0.741. The predicted molar refractivity (Wildman–Crippen MR) is 162 cm³/mol. The van der Waals surface area contributed by atoms with Crippen molar-refractivity contribution in [1.29, 1.82) is 0 Å². The zero-order valence-corrected chi connectivity index (χ0v) is 25.2. The molecule has 2 amide bonds. The van der Waals surface area contributed by atoms with Crippen molar-refractivity contribution in [3.63, 3.8) is 0 Å². The first kappa shape index (κ1) is 30.9. The molecule has 40 heavy (non-hydrogen) atoms. The van der Waals surface area contributed by atoms with Gasteiger partial charge in [-0.3, -0.25) is 13.9 Å². The third-order valence-corrected chi connectivity index (χ3v) is 8.07. The van der Waals surface area contributed by atoms with Crippen LogP contribution in [-0.2, 0) is 38.0 Å². The summed E-state index contributed by atoms with van der Waals surface area (Å²) < 4.78 is 27.0. The summed E-state index contributed by atoms with van der Waals surface area (Å²) in [6, 6.07) is 23.6. The van der Waals surface area contributed by atoms with Gasteiger partial charge in [-0.05, 0) is 53.6 Å². The Labute approximate surface area is 239 Å². The lowest BCUT2D eigenvalue weighted by molar-refractivity contribution is -0.140. The van der Waals surface area contributed by atoms with E-state index < -0.39 is 28.5 Å². The summed E-state index contributed by atoms with van der Waals surface area (Å²) in [6.07, 6.45) is 1.39. The van der Waals surface area contributed by atoms with Crippen LogP contribution in [0.15, 0.2) is 78.9 Å². The van der Waals surface area contributed by atoms with Crippen LogP contribution in [0.3, 0.4) is 0 Å². The molecule has 7 nitrogen and oxygen atoms in total. The SMILES string of the molecule is CCNC(=O)C(Cc1ccccc1)N(Cc1ccccc1C)C(=O)CN(c1ccc(C(C)(C)C)cc1)S(C)(=O)=O. The number of nitrogens with one attached hydrogen (secondary N) is 1. The molecular weight excluding hydrogens is 522 g/mol. The van der Waals surface area contributed by atoms with Crippen molar-refractivity contribution in [2.24, 2.45) is 0 Å². The number of carbonyl (C=O) groups excluding carboxylic acids is 2. The lowest BCUT2D eigenvalue weighted by Crippen LogP contribution is -2.53. The number of aryl methyl sites for hydroxylation is 1. The van der Waals surface area contributed by atoms with Crippen molar-refractivity contribution in [1.82, 2.24) is 10.2 Å². The number of sulfonamides is 1. The third kappa shape index (κ3) is 8.18. The highest BCUT2D eigenvalue weighted by atomic mass is 32.2. The Kier molecular flexibility index (Phi) is 10.1. The van der Waals surface area contributed by atoms with Crippen molar-refractivity contribution in [3.05, 3.63) is 101 Å². The normalized spacial score (nSPS) is 12.4. The van der Waals surface area contributed by atoms with E-state index in [0.717, 1.165) is 32.8 Å². The second-order valence-electron chi connectivity index (χ2n) is 11.1. The second kappa shape index (κ2) is 13.1. The lowest BCUT2D eigenvalue weighted by Gasteiger charge is -2.34. The molecule has 1 atom stereocenters. The third-order valence-electron chi connectivity index (χ3n) is 6.92. The monoisotopic (exact) mass is 563 g/mol. The fourth-order valence-corrected chi connectivity index (χ4v) is 5.41. The molecule has 0 aliphatic carbocycles. The fraction of sp³-hybridized carbons (Fsp3) is 0.375. The van der Waals surface area contributed by atoms with E-state index in [1.807, 2.05) is 80.6 Å². The molecule has 0 radical (unpaired) electrons. The van der Waals surface area contributed by atoms with Crippen molar-refractivity contribution in [3.8, 4) is 0 Å². The summed E-state index contributed by atoms with van der Waals surface area (Å²) in [5, 5.41) is 2.87.